The van der Waals surface area contributed by atoms with Crippen LogP contribution in [0.25, 0.3) is 0 Å². The average Bonchev–Trinajstić information content (AvgIpc) is 2.45. The van der Waals surface area contributed by atoms with Crippen LogP contribution in [0.5, 0.6) is 5.75 Å². The third-order valence-electron chi connectivity index (χ3n) is 2.47. The van der Waals surface area contributed by atoms with E-state index in [9.17, 15) is 17.8 Å². The van der Waals surface area contributed by atoms with Gasteiger partial charge in [-0.25, -0.2) is 8.42 Å². The van der Waals surface area contributed by atoms with E-state index < -0.39 is 10.4 Å². The molecule has 0 bridgehead atoms. The zero-order valence-electron chi connectivity index (χ0n) is 13.2. The van der Waals surface area contributed by atoms with Gasteiger partial charge in [0.05, 0.1) is 7.11 Å². The van der Waals surface area contributed by atoms with Crippen molar-refractivity contribution in [3.05, 3.63) is 24.3 Å². The summed E-state index contributed by atoms with van der Waals surface area (Å²) in [6.07, 6.45) is 6.75. The molecule has 1 aromatic rings. The molecule has 0 aliphatic heterocycles. The number of rotatable bonds is 6. The molecule has 126 valence electrons. The normalized spacial score (nSPS) is 10.8. The summed E-state index contributed by atoms with van der Waals surface area (Å²) in [6, 6.07) is 7.77. The first kappa shape index (κ1) is 20.9. The van der Waals surface area contributed by atoms with E-state index in [0.717, 1.165) is 20.0 Å². The molecule has 0 radical (unpaired) electrons. The Kier molecular flexibility index (Phi) is 10.1. The Hall–Kier alpha value is -1.09. The fraction of sp³-hybridized carbons (Fsp3) is 0.500. The molecule has 0 heterocycles. The van der Waals surface area contributed by atoms with Crippen molar-refractivity contribution in [2.45, 2.75) is 31.1 Å². The van der Waals surface area contributed by atoms with E-state index >= 15 is 0 Å². The highest BCUT2D eigenvalue weighted by Gasteiger charge is 2.09. The van der Waals surface area contributed by atoms with Gasteiger partial charge in [-0.3, -0.25) is 8.98 Å². The van der Waals surface area contributed by atoms with E-state index in [0.29, 0.717) is 12.2 Å². The maximum atomic E-state index is 11.4. The van der Waals surface area contributed by atoms with Gasteiger partial charge in [-0.2, -0.15) is 0 Å². The van der Waals surface area contributed by atoms with Gasteiger partial charge in [-0.05, 0) is 30.7 Å². The van der Waals surface area contributed by atoms with E-state index in [-0.39, 0.29) is 16.9 Å². The van der Waals surface area contributed by atoms with Crippen LogP contribution in [0.2, 0.25) is 0 Å². The van der Waals surface area contributed by atoms with Crippen LogP contribution in [0.1, 0.15) is 26.2 Å². The maximum absolute atomic E-state index is 11.4. The quantitative estimate of drug-likeness (QED) is 0.256. The second-order valence-corrected chi connectivity index (χ2v) is 7.69. The minimum atomic E-state index is -4.41. The Morgan fingerprint density at radius 3 is 2.09 bits per heavy atom. The molecule has 1 rings (SSSR count). The van der Waals surface area contributed by atoms with Gasteiger partial charge in [-0.1, -0.05) is 13.3 Å². The van der Waals surface area contributed by atoms with Gasteiger partial charge in [0.25, 0.3) is 0 Å². The molecule has 6 nitrogen and oxygen atoms in total. The zero-order valence-corrected chi connectivity index (χ0v) is 14.8. The predicted octanol–water partition coefficient (Wildman–Crippen LogP) is 2.11. The lowest BCUT2D eigenvalue weighted by Crippen LogP contribution is -2.07. The monoisotopic (exact) mass is 350 g/mol. The smallest absolute Gasteiger partial charge is 0.311 e. The lowest BCUT2D eigenvalue weighted by atomic mass is 10.2. The van der Waals surface area contributed by atoms with E-state index in [1.54, 1.807) is 0 Å². The first-order valence-corrected chi connectivity index (χ1v) is 9.96. The minimum Gasteiger partial charge on any atom is -0.726 e. The van der Waals surface area contributed by atoms with Crippen molar-refractivity contribution in [2.24, 2.45) is 0 Å². The zero-order chi connectivity index (χ0) is 17.2. The summed E-state index contributed by atoms with van der Waals surface area (Å²) in [5.41, 5.74) is 0. The summed E-state index contributed by atoms with van der Waals surface area (Å²) in [6.45, 7) is 2.06. The third-order valence-corrected chi connectivity index (χ3v) is 4.09. The number of esters is 1. The Labute approximate surface area is 135 Å². The molecule has 0 N–H and O–H groups in total. The van der Waals surface area contributed by atoms with E-state index in [1.165, 1.54) is 4.90 Å². The number of unbranched alkanes of at least 4 members (excludes halogenated alkanes) is 1. The fourth-order valence-corrected chi connectivity index (χ4v) is 1.96. The van der Waals surface area contributed by atoms with Crippen molar-refractivity contribution in [2.75, 3.05) is 19.6 Å². The molecule has 8 heteroatoms. The molecule has 0 amide bonds. The van der Waals surface area contributed by atoms with Crippen LogP contribution in [0, 0.1) is 0 Å². The van der Waals surface area contributed by atoms with Gasteiger partial charge in [0.2, 0.25) is 10.4 Å². The van der Waals surface area contributed by atoms with Crippen molar-refractivity contribution in [1.29, 1.82) is 0 Å². The second kappa shape index (κ2) is 10.6. The molecule has 0 aliphatic carbocycles. The van der Waals surface area contributed by atoms with E-state index in [2.05, 4.69) is 23.6 Å². The lowest BCUT2D eigenvalue weighted by Gasteiger charge is -2.03. The fourth-order valence-electron chi connectivity index (χ4n) is 1.28. The lowest BCUT2D eigenvalue weighted by molar-refractivity contribution is -0.134. The number of carbonyl (C=O) groups excluding carboxylic acids is 1. The van der Waals surface area contributed by atoms with Crippen LogP contribution in [-0.4, -0.2) is 38.6 Å². The summed E-state index contributed by atoms with van der Waals surface area (Å²) < 4.78 is 36.2. The molecule has 22 heavy (non-hydrogen) atoms. The van der Waals surface area contributed by atoms with Crippen LogP contribution in [-0.2, 0) is 30.3 Å². The molecule has 0 fully saturated rings. The van der Waals surface area contributed by atoms with Gasteiger partial charge >= 0.3 is 5.97 Å². The Morgan fingerprint density at radius 1 is 1.23 bits per heavy atom. The van der Waals surface area contributed by atoms with E-state index in [4.69, 9.17) is 4.74 Å². The number of benzene rings is 1. The van der Waals surface area contributed by atoms with Crippen molar-refractivity contribution < 1.29 is 26.7 Å². The molecule has 1 aromatic carbocycles. The Morgan fingerprint density at radius 2 is 1.73 bits per heavy atom. The van der Waals surface area contributed by atoms with Crippen molar-refractivity contribution in [1.82, 2.24) is 0 Å². The van der Waals surface area contributed by atoms with E-state index in [1.807, 2.05) is 24.3 Å². The van der Waals surface area contributed by atoms with Gasteiger partial charge in [-0.15, -0.1) is 0 Å². The summed E-state index contributed by atoms with van der Waals surface area (Å²) in [5.74, 6) is 0.511. The van der Waals surface area contributed by atoms with Crippen LogP contribution >= 0.6 is 0 Å². The molecule has 0 aliphatic rings. The number of hydrogen-bond acceptors (Lipinski definition) is 6. The van der Waals surface area contributed by atoms with Crippen LogP contribution in [0.4, 0.5) is 0 Å². The predicted molar refractivity (Wildman–Crippen MR) is 85.8 cm³/mol. The third kappa shape index (κ3) is 10.6. The van der Waals surface area contributed by atoms with Crippen molar-refractivity contribution in [3.63, 3.8) is 0 Å². The molecule has 0 aromatic heterocycles. The molecule has 0 spiro atoms. The molecule has 0 saturated carbocycles. The van der Waals surface area contributed by atoms with Crippen molar-refractivity contribution in [3.8, 4) is 5.75 Å². The largest absolute Gasteiger partial charge is 0.726 e. The van der Waals surface area contributed by atoms with Crippen LogP contribution in [0.15, 0.2) is 29.2 Å². The highest BCUT2D eigenvalue weighted by molar-refractivity contribution is 7.95. The summed E-state index contributed by atoms with van der Waals surface area (Å²) in [5, 5.41) is 0. The SMILES string of the molecule is CCCCC(=O)Oc1ccc([S+](C)C)cc1.COS(=O)(=O)[O-]. The minimum absolute atomic E-state index is 0.137. The van der Waals surface area contributed by atoms with Crippen LogP contribution in [0.3, 0.4) is 0 Å². The Balaban J connectivity index is 0.000000626. The van der Waals surface area contributed by atoms with Gasteiger partial charge < -0.3 is 9.29 Å². The topological polar surface area (TPSA) is 92.7 Å². The standard InChI is InChI=1S/C13H19O2S.CH4O4S/c1-4-5-6-13(14)15-11-7-9-12(10-8-11)16(2)3;1-5-6(2,3)4/h7-10H,4-6H2,1-3H3;1H3,(H,2,3,4)/q+1;/p-1. The Bertz CT molecular complexity index is 537. The maximum Gasteiger partial charge on any atom is 0.311 e. The molecular formula is C14H22O6S2. The second-order valence-electron chi connectivity index (χ2n) is 4.44. The summed E-state index contributed by atoms with van der Waals surface area (Å²) in [4.78, 5) is 12.7. The molecule has 0 saturated heterocycles. The number of ether oxygens (including phenoxy) is 1. The van der Waals surface area contributed by atoms with Gasteiger partial charge in [0, 0.05) is 17.3 Å². The highest BCUT2D eigenvalue weighted by atomic mass is 32.3. The van der Waals surface area contributed by atoms with Crippen molar-refractivity contribution >= 4 is 27.3 Å². The van der Waals surface area contributed by atoms with Crippen LogP contribution < -0.4 is 4.74 Å². The highest BCUT2D eigenvalue weighted by Crippen LogP contribution is 2.16. The summed E-state index contributed by atoms with van der Waals surface area (Å²) in [7, 11) is -3.35. The number of hydrogen-bond donors (Lipinski definition) is 0. The number of carbonyl (C=O) groups is 1. The molecule has 0 atom stereocenters. The van der Waals surface area contributed by atoms with Gasteiger partial charge in [0.15, 0.2) is 4.90 Å². The summed E-state index contributed by atoms with van der Waals surface area (Å²) >= 11 is 0. The average molecular weight is 350 g/mol. The molecular weight excluding hydrogens is 328 g/mol. The first-order valence-electron chi connectivity index (χ1n) is 6.59. The first-order chi connectivity index (χ1) is 10.2. The molecule has 0 unspecified atom stereocenters. The van der Waals surface area contributed by atoms with Gasteiger partial charge in [0.1, 0.15) is 18.3 Å².